The number of hydrogen-bond donors (Lipinski definition) is 0. The molecule has 0 atom stereocenters. The van der Waals surface area contributed by atoms with Crippen molar-refractivity contribution in [3.63, 3.8) is 0 Å². The zero-order chi connectivity index (χ0) is 16.9. The molecule has 0 radical (unpaired) electrons. The number of hydrogen-bond acceptors (Lipinski definition) is 2. The Morgan fingerprint density at radius 3 is 2.25 bits per heavy atom. The topological polar surface area (TPSA) is 23.6 Å². The maximum absolute atomic E-state index is 13.7. The van der Waals surface area contributed by atoms with E-state index in [0.717, 1.165) is 23.1 Å². The van der Waals surface area contributed by atoms with Crippen LogP contribution >= 0.6 is 15.9 Å². The lowest BCUT2D eigenvalue weighted by atomic mass is 10.1. The summed E-state index contributed by atoms with van der Waals surface area (Å²) >= 11 is 3.49. The molecule has 126 valence electrons. The quantitative estimate of drug-likeness (QED) is 0.797. The second-order valence-electron chi connectivity index (χ2n) is 6.02. The van der Waals surface area contributed by atoms with Crippen LogP contribution in [0.5, 0.6) is 0 Å². The fourth-order valence-corrected chi connectivity index (χ4v) is 3.36. The second-order valence-corrected chi connectivity index (χ2v) is 6.87. The molecule has 3 nitrogen and oxygen atoms in total. The smallest absolute Gasteiger partial charge is 0.227 e. The van der Waals surface area contributed by atoms with Crippen LogP contribution in [-0.2, 0) is 17.8 Å². The first-order valence-electron chi connectivity index (χ1n) is 8.10. The molecule has 0 N–H and O–H groups in total. The lowest BCUT2D eigenvalue weighted by molar-refractivity contribution is -0.132. The van der Waals surface area contributed by atoms with Gasteiger partial charge >= 0.3 is 0 Å². The van der Waals surface area contributed by atoms with E-state index < -0.39 is 0 Å². The van der Waals surface area contributed by atoms with Crippen LogP contribution in [0, 0.1) is 5.82 Å². The van der Waals surface area contributed by atoms with Gasteiger partial charge in [-0.15, -0.1) is 0 Å². The van der Waals surface area contributed by atoms with Gasteiger partial charge in [0.15, 0.2) is 0 Å². The molecule has 0 spiro atoms. The number of amides is 1. The Kier molecular flexibility index (Phi) is 5.63. The molecule has 0 aliphatic carbocycles. The molecule has 0 aromatic heterocycles. The average molecular weight is 391 g/mol. The van der Waals surface area contributed by atoms with E-state index in [1.165, 1.54) is 6.07 Å². The van der Waals surface area contributed by atoms with Crippen LogP contribution in [0.25, 0.3) is 0 Å². The van der Waals surface area contributed by atoms with Gasteiger partial charge in [0.25, 0.3) is 0 Å². The number of carbonyl (C=O) groups is 1. The third-order valence-corrected chi connectivity index (χ3v) is 5.15. The number of nitrogens with zero attached hydrogens (tertiary/aromatic N) is 2. The molecule has 24 heavy (non-hydrogen) atoms. The Balaban J connectivity index is 1.52. The Bertz CT molecular complexity index is 714. The predicted molar refractivity (Wildman–Crippen MR) is 96.1 cm³/mol. The maximum Gasteiger partial charge on any atom is 0.227 e. The lowest BCUT2D eigenvalue weighted by Crippen LogP contribution is -2.48. The molecule has 1 amide bonds. The number of rotatable bonds is 4. The standard InChI is InChI=1S/C19H20BrFN2O/c20-17-7-3-1-5-15(17)13-19(24)23-11-9-22(10-12-23)14-16-6-2-4-8-18(16)21/h1-8H,9-14H2. The number of halogens is 2. The summed E-state index contributed by atoms with van der Waals surface area (Å²) in [6.45, 7) is 3.53. The van der Waals surface area contributed by atoms with Crippen molar-refractivity contribution >= 4 is 21.8 Å². The second kappa shape index (κ2) is 7.90. The molecule has 0 bridgehead atoms. The minimum Gasteiger partial charge on any atom is -0.340 e. The zero-order valence-corrected chi connectivity index (χ0v) is 15.0. The first-order chi connectivity index (χ1) is 11.6. The van der Waals surface area contributed by atoms with Crippen LogP contribution in [-0.4, -0.2) is 41.9 Å². The molecule has 0 saturated carbocycles. The molecule has 3 rings (SSSR count). The van der Waals surface area contributed by atoms with Crippen LogP contribution in [0.1, 0.15) is 11.1 Å². The number of carbonyl (C=O) groups excluding carboxylic acids is 1. The fraction of sp³-hybridized carbons (Fsp3) is 0.316. The molecule has 0 unspecified atom stereocenters. The van der Waals surface area contributed by atoms with E-state index in [1.807, 2.05) is 41.3 Å². The van der Waals surface area contributed by atoms with Crippen LogP contribution in [0.3, 0.4) is 0 Å². The molecule has 5 heteroatoms. The molecule has 1 heterocycles. The van der Waals surface area contributed by atoms with Crippen LogP contribution in [0.2, 0.25) is 0 Å². The van der Waals surface area contributed by atoms with Crippen molar-refractivity contribution < 1.29 is 9.18 Å². The van der Waals surface area contributed by atoms with Gasteiger partial charge in [0.2, 0.25) is 5.91 Å². The van der Waals surface area contributed by atoms with Gasteiger partial charge in [-0.05, 0) is 17.7 Å². The Morgan fingerprint density at radius 1 is 0.958 bits per heavy atom. The molecule has 1 fully saturated rings. The van der Waals surface area contributed by atoms with Gasteiger partial charge in [-0.25, -0.2) is 4.39 Å². The molecule has 1 aliphatic heterocycles. The average Bonchev–Trinajstić information content (AvgIpc) is 2.59. The summed E-state index contributed by atoms with van der Waals surface area (Å²) in [6.07, 6.45) is 0.411. The lowest BCUT2D eigenvalue weighted by Gasteiger charge is -2.35. The molecule has 1 aliphatic rings. The summed E-state index contributed by atoms with van der Waals surface area (Å²) in [7, 11) is 0. The molecule has 2 aromatic carbocycles. The third-order valence-electron chi connectivity index (χ3n) is 4.38. The van der Waals surface area contributed by atoms with Gasteiger partial charge in [0.05, 0.1) is 6.42 Å². The molecular weight excluding hydrogens is 371 g/mol. The van der Waals surface area contributed by atoms with Gasteiger partial charge in [-0.2, -0.15) is 0 Å². The minimum absolute atomic E-state index is 0.146. The predicted octanol–water partition coefficient (Wildman–Crippen LogP) is 3.48. The summed E-state index contributed by atoms with van der Waals surface area (Å²) in [5, 5.41) is 0. The van der Waals surface area contributed by atoms with Gasteiger partial charge in [-0.1, -0.05) is 52.3 Å². The van der Waals surface area contributed by atoms with E-state index in [9.17, 15) is 9.18 Å². The SMILES string of the molecule is O=C(Cc1ccccc1Br)N1CCN(Cc2ccccc2F)CC1. The summed E-state index contributed by atoms with van der Waals surface area (Å²) in [5.41, 5.74) is 1.72. The summed E-state index contributed by atoms with van der Waals surface area (Å²) < 4.78 is 14.7. The van der Waals surface area contributed by atoms with Gasteiger partial charge in [-0.3, -0.25) is 9.69 Å². The van der Waals surface area contributed by atoms with Crippen molar-refractivity contribution in [3.8, 4) is 0 Å². The zero-order valence-electron chi connectivity index (χ0n) is 13.4. The van der Waals surface area contributed by atoms with Gasteiger partial charge in [0.1, 0.15) is 5.82 Å². The first-order valence-corrected chi connectivity index (χ1v) is 8.90. The summed E-state index contributed by atoms with van der Waals surface area (Å²) in [5.74, 6) is -0.0163. The highest BCUT2D eigenvalue weighted by Crippen LogP contribution is 2.18. The molecular formula is C19H20BrFN2O. The number of benzene rings is 2. The van der Waals surface area contributed by atoms with Gasteiger partial charge in [0, 0.05) is 42.8 Å². The fourth-order valence-electron chi connectivity index (χ4n) is 2.94. The van der Waals surface area contributed by atoms with Crippen molar-refractivity contribution in [3.05, 3.63) is 69.9 Å². The maximum atomic E-state index is 13.7. The monoisotopic (exact) mass is 390 g/mol. The Morgan fingerprint density at radius 2 is 1.58 bits per heavy atom. The first kappa shape index (κ1) is 17.1. The molecule has 1 saturated heterocycles. The van der Waals surface area contributed by atoms with E-state index in [1.54, 1.807) is 6.07 Å². The highest BCUT2D eigenvalue weighted by molar-refractivity contribution is 9.10. The normalized spacial score (nSPS) is 15.5. The van der Waals surface area contributed by atoms with Crippen molar-refractivity contribution in [2.24, 2.45) is 0 Å². The highest BCUT2D eigenvalue weighted by atomic mass is 79.9. The minimum atomic E-state index is -0.162. The van der Waals surface area contributed by atoms with Crippen LogP contribution < -0.4 is 0 Å². The van der Waals surface area contributed by atoms with Crippen LogP contribution in [0.4, 0.5) is 4.39 Å². The van der Waals surface area contributed by atoms with Gasteiger partial charge < -0.3 is 4.90 Å². The molecule has 2 aromatic rings. The van der Waals surface area contributed by atoms with E-state index in [2.05, 4.69) is 20.8 Å². The van der Waals surface area contributed by atoms with Crippen molar-refractivity contribution in [1.29, 1.82) is 0 Å². The largest absolute Gasteiger partial charge is 0.340 e. The van der Waals surface area contributed by atoms with Crippen LogP contribution in [0.15, 0.2) is 53.0 Å². The Hall–Kier alpha value is -1.72. The van der Waals surface area contributed by atoms with E-state index in [4.69, 9.17) is 0 Å². The summed E-state index contributed by atoms with van der Waals surface area (Å²) in [4.78, 5) is 16.6. The third kappa shape index (κ3) is 4.22. The van der Waals surface area contributed by atoms with Crippen molar-refractivity contribution in [1.82, 2.24) is 9.80 Å². The van der Waals surface area contributed by atoms with E-state index in [0.29, 0.717) is 31.6 Å². The summed E-state index contributed by atoms with van der Waals surface area (Å²) in [6, 6.07) is 14.7. The number of piperazine rings is 1. The Labute approximate surface area is 150 Å². The van der Waals surface area contributed by atoms with Crippen molar-refractivity contribution in [2.45, 2.75) is 13.0 Å². The van der Waals surface area contributed by atoms with Crippen molar-refractivity contribution in [2.75, 3.05) is 26.2 Å². The highest BCUT2D eigenvalue weighted by Gasteiger charge is 2.22. The van der Waals surface area contributed by atoms with E-state index in [-0.39, 0.29) is 11.7 Å². The van der Waals surface area contributed by atoms with E-state index >= 15 is 0 Å².